The predicted octanol–water partition coefficient (Wildman–Crippen LogP) is 2.46. The Kier molecular flexibility index (Phi) is 7.03. The molecule has 0 fully saturated rings. The lowest BCUT2D eigenvalue weighted by molar-refractivity contribution is -0.141. The van der Waals surface area contributed by atoms with Gasteiger partial charge in [-0.1, -0.05) is 43.7 Å². The van der Waals surface area contributed by atoms with E-state index in [9.17, 15) is 9.59 Å². The number of nitrogens with one attached hydrogen (secondary N) is 1. The SMILES string of the molecule is CCCCSCC(=O)NC(C(=O)O)c1ccccc1. The van der Waals surface area contributed by atoms with Crippen LogP contribution in [0.3, 0.4) is 0 Å². The largest absolute Gasteiger partial charge is 0.479 e. The van der Waals surface area contributed by atoms with Gasteiger partial charge >= 0.3 is 5.97 Å². The first-order chi connectivity index (χ1) is 9.15. The van der Waals surface area contributed by atoms with E-state index in [-0.39, 0.29) is 5.91 Å². The quantitative estimate of drug-likeness (QED) is 0.718. The summed E-state index contributed by atoms with van der Waals surface area (Å²) in [6.07, 6.45) is 2.16. The molecule has 1 atom stereocenters. The molecule has 0 spiro atoms. The van der Waals surface area contributed by atoms with Crippen LogP contribution in [0.2, 0.25) is 0 Å². The first-order valence-electron chi connectivity index (χ1n) is 6.30. The van der Waals surface area contributed by atoms with Crippen LogP contribution < -0.4 is 5.32 Å². The van der Waals surface area contributed by atoms with Crippen LogP contribution in [0, 0.1) is 0 Å². The molecule has 0 saturated heterocycles. The second kappa shape index (κ2) is 8.58. The zero-order valence-electron chi connectivity index (χ0n) is 11.0. The van der Waals surface area contributed by atoms with Gasteiger partial charge in [0.05, 0.1) is 5.75 Å². The van der Waals surface area contributed by atoms with Gasteiger partial charge in [0, 0.05) is 0 Å². The van der Waals surface area contributed by atoms with Crippen LogP contribution >= 0.6 is 11.8 Å². The topological polar surface area (TPSA) is 66.4 Å². The average Bonchev–Trinajstić information content (AvgIpc) is 2.41. The van der Waals surface area contributed by atoms with E-state index in [1.54, 1.807) is 24.3 Å². The fourth-order valence-electron chi connectivity index (χ4n) is 1.55. The molecule has 0 aliphatic heterocycles. The van der Waals surface area contributed by atoms with Crippen LogP contribution in [-0.2, 0) is 9.59 Å². The molecule has 1 unspecified atom stereocenters. The molecule has 4 nitrogen and oxygen atoms in total. The number of amides is 1. The Morgan fingerprint density at radius 3 is 2.58 bits per heavy atom. The molecule has 5 heteroatoms. The summed E-state index contributed by atoms with van der Waals surface area (Å²) in [6.45, 7) is 2.09. The molecular weight excluding hydrogens is 262 g/mol. The predicted molar refractivity (Wildman–Crippen MR) is 77.2 cm³/mol. The molecule has 1 aromatic rings. The minimum absolute atomic E-state index is 0.239. The van der Waals surface area contributed by atoms with Gasteiger partial charge in [0.2, 0.25) is 5.91 Å². The second-order valence-corrected chi connectivity index (χ2v) is 5.26. The van der Waals surface area contributed by atoms with Gasteiger partial charge in [-0.15, -0.1) is 0 Å². The maximum Gasteiger partial charge on any atom is 0.330 e. The highest BCUT2D eigenvalue weighted by atomic mass is 32.2. The average molecular weight is 281 g/mol. The zero-order valence-corrected chi connectivity index (χ0v) is 11.8. The summed E-state index contributed by atoms with van der Waals surface area (Å²) in [5, 5.41) is 11.7. The van der Waals surface area contributed by atoms with Crippen LogP contribution in [0.15, 0.2) is 30.3 Å². The molecule has 0 heterocycles. The van der Waals surface area contributed by atoms with E-state index in [2.05, 4.69) is 12.2 Å². The van der Waals surface area contributed by atoms with Crippen molar-refractivity contribution in [3.05, 3.63) is 35.9 Å². The number of carbonyl (C=O) groups is 2. The van der Waals surface area contributed by atoms with Crippen molar-refractivity contribution >= 4 is 23.6 Å². The van der Waals surface area contributed by atoms with E-state index in [0.29, 0.717) is 11.3 Å². The number of hydrogen-bond donors (Lipinski definition) is 2. The van der Waals surface area contributed by atoms with E-state index in [4.69, 9.17) is 5.11 Å². The summed E-state index contributed by atoms with van der Waals surface area (Å²) in [5.41, 5.74) is 0.585. The highest BCUT2D eigenvalue weighted by Crippen LogP contribution is 2.13. The Hall–Kier alpha value is -1.49. The molecule has 0 radical (unpaired) electrons. The first kappa shape index (κ1) is 15.6. The fraction of sp³-hybridized carbons (Fsp3) is 0.429. The molecule has 0 saturated carbocycles. The van der Waals surface area contributed by atoms with Gasteiger partial charge in [-0.25, -0.2) is 4.79 Å². The summed E-state index contributed by atoms with van der Waals surface area (Å²) in [4.78, 5) is 22.9. The Morgan fingerprint density at radius 2 is 2.00 bits per heavy atom. The minimum atomic E-state index is -1.04. The lowest BCUT2D eigenvalue weighted by Crippen LogP contribution is -2.34. The lowest BCUT2D eigenvalue weighted by atomic mass is 10.1. The molecule has 0 bridgehead atoms. The van der Waals surface area contributed by atoms with Crippen LogP contribution in [0.25, 0.3) is 0 Å². The minimum Gasteiger partial charge on any atom is -0.479 e. The number of unbranched alkanes of at least 4 members (excludes halogenated alkanes) is 1. The number of thioether (sulfide) groups is 1. The molecule has 1 aromatic carbocycles. The highest BCUT2D eigenvalue weighted by Gasteiger charge is 2.21. The van der Waals surface area contributed by atoms with Gasteiger partial charge in [-0.05, 0) is 17.7 Å². The monoisotopic (exact) mass is 281 g/mol. The normalized spacial score (nSPS) is 11.8. The Balaban J connectivity index is 2.51. The molecule has 0 aromatic heterocycles. The van der Waals surface area contributed by atoms with Crippen LogP contribution in [0.4, 0.5) is 0 Å². The number of rotatable bonds is 8. The van der Waals surface area contributed by atoms with E-state index < -0.39 is 12.0 Å². The van der Waals surface area contributed by atoms with Gasteiger partial charge in [0.15, 0.2) is 6.04 Å². The van der Waals surface area contributed by atoms with Crippen molar-refractivity contribution in [3.8, 4) is 0 Å². The van der Waals surface area contributed by atoms with Crippen molar-refractivity contribution in [1.29, 1.82) is 0 Å². The van der Waals surface area contributed by atoms with Crippen molar-refractivity contribution in [2.45, 2.75) is 25.8 Å². The van der Waals surface area contributed by atoms with E-state index in [0.717, 1.165) is 18.6 Å². The third-order valence-electron chi connectivity index (χ3n) is 2.56. The van der Waals surface area contributed by atoms with Gasteiger partial charge in [-0.2, -0.15) is 11.8 Å². The maximum absolute atomic E-state index is 11.7. The molecule has 0 aliphatic rings. The number of hydrogen-bond acceptors (Lipinski definition) is 3. The highest BCUT2D eigenvalue weighted by molar-refractivity contribution is 7.99. The van der Waals surface area contributed by atoms with E-state index in [1.165, 1.54) is 11.8 Å². The molecule has 1 rings (SSSR count). The summed E-state index contributed by atoms with van der Waals surface area (Å²) >= 11 is 1.53. The molecule has 1 amide bonds. The molecule has 2 N–H and O–H groups in total. The number of carbonyl (C=O) groups excluding carboxylic acids is 1. The Labute approximate surface area is 117 Å². The van der Waals surface area contributed by atoms with E-state index >= 15 is 0 Å². The standard InChI is InChI=1S/C14H19NO3S/c1-2-3-9-19-10-12(16)15-13(14(17)18)11-7-5-4-6-8-11/h4-8,13H,2-3,9-10H2,1H3,(H,15,16)(H,17,18). The van der Waals surface area contributed by atoms with Crippen LogP contribution in [-0.4, -0.2) is 28.5 Å². The third-order valence-corrected chi connectivity index (χ3v) is 3.60. The molecule has 19 heavy (non-hydrogen) atoms. The summed E-state index contributed by atoms with van der Waals surface area (Å²) < 4.78 is 0. The fourth-order valence-corrected chi connectivity index (χ4v) is 2.45. The molecule has 0 aliphatic carbocycles. The summed E-state index contributed by atoms with van der Waals surface area (Å²) in [6, 6.07) is 7.75. The van der Waals surface area contributed by atoms with Gasteiger partial charge < -0.3 is 10.4 Å². The zero-order chi connectivity index (χ0) is 14.1. The van der Waals surface area contributed by atoms with Gasteiger partial charge in [-0.3, -0.25) is 4.79 Å². The Morgan fingerprint density at radius 1 is 1.32 bits per heavy atom. The molecular formula is C14H19NO3S. The van der Waals surface area contributed by atoms with Crippen molar-refractivity contribution < 1.29 is 14.7 Å². The van der Waals surface area contributed by atoms with Crippen molar-refractivity contribution in [1.82, 2.24) is 5.32 Å². The van der Waals surface area contributed by atoms with Crippen LogP contribution in [0.1, 0.15) is 31.4 Å². The Bertz CT molecular complexity index is 408. The number of aliphatic carboxylic acids is 1. The van der Waals surface area contributed by atoms with Gasteiger partial charge in [0.25, 0.3) is 0 Å². The second-order valence-electron chi connectivity index (χ2n) is 4.16. The van der Waals surface area contributed by atoms with Crippen molar-refractivity contribution in [3.63, 3.8) is 0 Å². The molecule has 104 valence electrons. The van der Waals surface area contributed by atoms with E-state index in [1.807, 2.05) is 6.07 Å². The smallest absolute Gasteiger partial charge is 0.330 e. The lowest BCUT2D eigenvalue weighted by Gasteiger charge is -2.14. The van der Waals surface area contributed by atoms with Crippen LogP contribution in [0.5, 0.6) is 0 Å². The number of benzene rings is 1. The maximum atomic E-state index is 11.7. The van der Waals surface area contributed by atoms with Crippen molar-refractivity contribution in [2.24, 2.45) is 0 Å². The number of carboxylic acid groups (broad SMARTS) is 1. The summed E-state index contributed by atoms with van der Waals surface area (Å²) in [5.74, 6) is -0.0562. The first-order valence-corrected chi connectivity index (χ1v) is 7.45. The van der Waals surface area contributed by atoms with Crippen molar-refractivity contribution in [2.75, 3.05) is 11.5 Å². The van der Waals surface area contributed by atoms with Gasteiger partial charge in [0.1, 0.15) is 0 Å². The number of carboxylic acids is 1. The third kappa shape index (κ3) is 5.79. The summed E-state index contributed by atoms with van der Waals surface area (Å²) in [7, 11) is 0.